The fourth-order valence-corrected chi connectivity index (χ4v) is 1.75. The van der Waals surface area contributed by atoms with Gasteiger partial charge in [-0.1, -0.05) is 13.0 Å². The summed E-state index contributed by atoms with van der Waals surface area (Å²) in [5.41, 5.74) is 1.74. The molecule has 2 aromatic rings. The summed E-state index contributed by atoms with van der Waals surface area (Å²) in [5.74, 6) is 0.514. The predicted octanol–water partition coefficient (Wildman–Crippen LogP) is 4.01. The third kappa shape index (κ3) is 4.23. The average molecular weight is 274 g/mol. The molecular formula is C16H19FN2O. The Morgan fingerprint density at radius 2 is 2.15 bits per heavy atom. The maximum absolute atomic E-state index is 13.0. The van der Waals surface area contributed by atoms with E-state index in [1.54, 1.807) is 6.20 Å². The first kappa shape index (κ1) is 14.3. The van der Waals surface area contributed by atoms with Crippen molar-refractivity contribution in [3.8, 4) is 5.75 Å². The monoisotopic (exact) mass is 274 g/mol. The number of ether oxygens (including phenoxy) is 1. The lowest BCUT2D eigenvalue weighted by atomic mass is 10.2. The van der Waals surface area contributed by atoms with Crippen LogP contribution in [0.4, 0.5) is 10.1 Å². The molecule has 106 valence electrons. The van der Waals surface area contributed by atoms with E-state index in [0.29, 0.717) is 6.54 Å². The van der Waals surface area contributed by atoms with Crippen LogP contribution < -0.4 is 10.1 Å². The number of benzene rings is 1. The number of nitrogens with one attached hydrogen (secondary N) is 1. The SMILES string of the molecule is CCC(C)Oc1cccc(NCc2cncc(F)c2)c1. The molecule has 3 nitrogen and oxygen atoms in total. The third-order valence-corrected chi connectivity index (χ3v) is 3.00. The smallest absolute Gasteiger partial charge is 0.141 e. The van der Waals surface area contributed by atoms with Crippen LogP contribution in [0.15, 0.2) is 42.7 Å². The molecule has 0 saturated heterocycles. The Balaban J connectivity index is 1.97. The van der Waals surface area contributed by atoms with Crippen LogP contribution in [-0.2, 0) is 6.54 Å². The first-order valence-corrected chi connectivity index (χ1v) is 6.77. The van der Waals surface area contributed by atoms with Crippen molar-refractivity contribution in [2.45, 2.75) is 32.9 Å². The number of nitrogens with zero attached hydrogens (tertiary/aromatic N) is 1. The zero-order valence-corrected chi connectivity index (χ0v) is 11.8. The van der Waals surface area contributed by atoms with Crippen molar-refractivity contribution in [2.24, 2.45) is 0 Å². The maximum Gasteiger partial charge on any atom is 0.141 e. The molecule has 1 aromatic carbocycles. The van der Waals surface area contributed by atoms with Crippen LogP contribution in [0.3, 0.4) is 0 Å². The van der Waals surface area contributed by atoms with Crippen molar-refractivity contribution in [3.05, 3.63) is 54.1 Å². The standard InChI is InChI=1S/C16H19FN2O/c1-3-12(2)20-16-6-4-5-15(8-16)19-10-13-7-14(17)11-18-9-13/h4-9,11-12,19H,3,10H2,1-2H3. The van der Waals surface area contributed by atoms with Crippen LogP contribution in [0, 0.1) is 5.82 Å². The molecule has 1 unspecified atom stereocenters. The van der Waals surface area contributed by atoms with E-state index in [4.69, 9.17) is 4.74 Å². The fourth-order valence-electron chi connectivity index (χ4n) is 1.75. The van der Waals surface area contributed by atoms with Crippen molar-refractivity contribution in [1.82, 2.24) is 4.98 Å². The van der Waals surface area contributed by atoms with Gasteiger partial charge in [0.1, 0.15) is 11.6 Å². The van der Waals surface area contributed by atoms with Crippen LogP contribution in [-0.4, -0.2) is 11.1 Å². The number of rotatable bonds is 6. The van der Waals surface area contributed by atoms with Gasteiger partial charge in [-0.15, -0.1) is 0 Å². The zero-order chi connectivity index (χ0) is 14.4. The Morgan fingerprint density at radius 1 is 1.30 bits per heavy atom. The molecule has 1 aromatic heterocycles. The predicted molar refractivity (Wildman–Crippen MR) is 78.3 cm³/mol. The summed E-state index contributed by atoms with van der Waals surface area (Å²) in [7, 11) is 0. The lowest BCUT2D eigenvalue weighted by Gasteiger charge is -2.14. The average Bonchev–Trinajstić information content (AvgIpc) is 2.45. The van der Waals surface area contributed by atoms with E-state index in [9.17, 15) is 4.39 Å². The Labute approximate surface area is 118 Å². The van der Waals surface area contributed by atoms with Crippen molar-refractivity contribution in [1.29, 1.82) is 0 Å². The van der Waals surface area contributed by atoms with E-state index in [1.807, 2.05) is 31.2 Å². The number of anilines is 1. The maximum atomic E-state index is 13.0. The topological polar surface area (TPSA) is 34.1 Å². The van der Waals surface area contributed by atoms with Gasteiger partial charge in [0.2, 0.25) is 0 Å². The van der Waals surface area contributed by atoms with E-state index in [1.165, 1.54) is 12.3 Å². The summed E-state index contributed by atoms with van der Waals surface area (Å²) >= 11 is 0. The molecule has 1 atom stereocenters. The third-order valence-electron chi connectivity index (χ3n) is 3.00. The summed E-state index contributed by atoms with van der Waals surface area (Å²) in [6.45, 7) is 4.65. The van der Waals surface area contributed by atoms with Crippen molar-refractivity contribution < 1.29 is 9.13 Å². The summed E-state index contributed by atoms with van der Waals surface area (Å²) in [5, 5.41) is 3.23. The summed E-state index contributed by atoms with van der Waals surface area (Å²) in [6, 6.07) is 9.24. The van der Waals surface area contributed by atoms with Crippen molar-refractivity contribution >= 4 is 5.69 Å². The van der Waals surface area contributed by atoms with Gasteiger partial charge in [-0.25, -0.2) is 4.39 Å². The number of aromatic nitrogens is 1. The van der Waals surface area contributed by atoms with Crippen LogP contribution >= 0.6 is 0 Å². The summed E-state index contributed by atoms with van der Waals surface area (Å²) in [6.07, 6.45) is 4.00. The van der Waals surface area contributed by atoms with Crippen molar-refractivity contribution in [3.63, 3.8) is 0 Å². The molecule has 1 heterocycles. The zero-order valence-electron chi connectivity index (χ0n) is 11.8. The molecule has 0 bridgehead atoms. The molecule has 1 N–H and O–H groups in total. The first-order valence-electron chi connectivity index (χ1n) is 6.77. The van der Waals surface area contributed by atoms with Gasteiger partial charge in [0, 0.05) is 24.5 Å². The van der Waals surface area contributed by atoms with Gasteiger partial charge in [0.15, 0.2) is 0 Å². The Kier molecular flexibility index (Phi) is 4.93. The largest absolute Gasteiger partial charge is 0.491 e. The molecular weight excluding hydrogens is 255 g/mol. The van der Waals surface area contributed by atoms with Gasteiger partial charge in [-0.3, -0.25) is 4.98 Å². The van der Waals surface area contributed by atoms with Gasteiger partial charge >= 0.3 is 0 Å². The van der Waals surface area contributed by atoms with E-state index in [-0.39, 0.29) is 11.9 Å². The second-order valence-corrected chi connectivity index (χ2v) is 4.73. The number of halogens is 1. The quantitative estimate of drug-likeness (QED) is 0.864. The van der Waals surface area contributed by atoms with Crippen LogP contribution in [0.25, 0.3) is 0 Å². The number of hydrogen-bond acceptors (Lipinski definition) is 3. The van der Waals surface area contributed by atoms with E-state index in [0.717, 1.165) is 23.4 Å². The highest BCUT2D eigenvalue weighted by Crippen LogP contribution is 2.19. The Hall–Kier alpha value is -2.10. The van der Waals surface area contributed by atoms with Crippen molar-refractivity contribution in [2.75, 3.05) is 5.32 Å². The van der Waals surface area contributed by atoms with Crippen LogP contribution in [0.2, 0.25) is 0 Å². The highest BCUT2D eigenvalue weighted by atomic mass is 19.1. The lowest BCUT2D eigenvalue weighted by molar-refractivity contribution is 0.217. The molecule has 0 spiro atoms. The summed E-state index contributed by atoms with van der Waals surface area (Å²) < 4.78 is 18.8. The lowest BCUT2D eigenvalue weighted by Crippen LogP contribution is -2.09. The molecule has 0 fully saturated rings. The highest BCUT2D eigenvalue weighted by Gasteiger charge is 2.02. The van der Waals surface area contributed by atoms with Crippen LogP contribution in [0.1, 0.15) is 25.8 Å². The Bertz CT molecular complexity index is 560. The van der Waals surface area contributed by atoms with Gasteiger partial charge < -0.3 is 10.1 Å². The van der Waals surface area contributed by atoms with Gasteiger partial charge in [0.25, 0.3) is 0 Å². The molecule has 0 saturated carbocycles. The first-order chi connectivity index (χ1) is 9.67. The molecule has 0 aliphatic carbocycles. The van der Waals surface area contributed by atoms with Gasteiger partial charge in [-0.2, -0.15) is 0 Å². The second kappa shape index (κ2) is 6.89. The van der Waals surface area contributed by atoms with Crippen LogP contribution in [0.5, 0.6) is 5.75 Å². The number of pyridine rings is 1. The minimum atomic E-state index is -0.321. The van der Waals surface area contributed by atoms with E-state index >= 15 is 0 Å². The highest BCUT2D eigenvalue weighted by molar-refractivity contribution is 5.48. The second-order valence-electron chi connectivity index (χ2n) is 4.73. The molecule has 0 amide bonds. The van der Waals surface area contributed by atoms with Gasteiger partial charge in [-0.05, 0) is 37.1 Å². The van der Waals surface area contributed by atoms with Gasteiger partial charge in [0.05, 0.1) is 12.3 Å². The minimum Gasteiger partial charge on any atom is -0.491 e. The normalized spacial score (nSPS) is 11.9. The summed E-state index contributed by atoms with van der Waals surface area (Å²) in [4.78, 5) is 3.82. The molecule has 0 radical (unpaired) electrons. The molecule has 2 rings (SSSR count). The van der Waals surface area contributed by atoms with E-state index < -0.39 is 0 Å². The van der Waals surface area contributed by atoms with E-state index in [2.05, 4.69) is 17.2 Å². The molecule has 0 aliphatic rings. The molecule has 0 aliphatic heterocycles. The Morgan fingerprint density at radius 3 is 2.90 bits per heavy atom. The minimum absolute atomic E-state index is 0.192. The fraction of sp³-hybridized carbons (Fsp3) is 0.312. The number of hydrogen-bond donors (Lipinski definition) is 1. The molecule has 20 heavy (non-hydrogen) atoms. The molecule has 4 heteroatoms.